The highest BCUT2D eigenvalue weighted by Crippen LogP contribution is 2.16. The molecular weight excluding hydrogens is 294 g/mol. The van der Waals surface area contributed by atoms with E-state index in [1.807, 2.05) is 26.0 Å². The van der Waals surface area contributed by atoms with Crippen molar-refractivity contribution in [3.05, 3.63) is 22.3 Å². The number of nitrogens with zero attached hydrogens (tertiary/aromatic N) is 1. The molecule has 4 nitrogen and oxygen atoms in total. The SMILES string of the molecule is Cc1nc(NC(C)C(=O)NCC(C)C)ccc1Br. The Morgan fingerprint density at radius 3 is 2.61 bits per heavy atom. The highest BCUT2D eigenvalue weighted by atomic mass is 79.9. The summed E-state index contributed by atoms with van der Waals surface area (Å²) in [7, 11) is 0. The van der Waals surface area contributed by atoms with Crippen molar-refractivity contribution < 1.29 is 4.79 Å². The third kappa shape index (κ3) is 4.64. The average Bonchev–Trinajstić information content (AvgIpc) is 2.30. The van der Waals surface area contributed by atoms with Gasteiger partial charge in [-0.15, -0.1) is 0 Å². The van der Waals surface area contributed by atoms with Crippen molar-refractivity contribution >= 4 is 27.7 Å². The Labute approximate surface area is 117 Å². The van der Waals surface area contributed by atoms with Gasteiger partial charge in [0.2, 0.25) is 5.91 Å². The number of hydrogen-bond acceptors (Lipinski definition) is 3. The lowest BCUT2D eigenvalue weighted by Crippen LogP contribution is -2.39. The summed E-state index contributed by atoms with van der Waals surface area (Å²) in [4.78, 5) is 16.1. The molecular formula is C13H20BrN3O. The van der Waals surface area contributed by atoms with E-state index in [2.05, 4.69) is 45.4 Å². The summed E-state index contributed by atoms with van der Waals surface area (Å²) in [6, 6.07) is 3.48. The number of amides is 1. The fourth-order valence-corrected chi connectivity index (χ4v) is 1.59. The number of hydrogen-bond donors (Lipinski definition) is 2. The maximum atomic E-state index is 11.8. The van der Waals surface area contributed by atoms with Gasteiger partial charge in [-0.05, 0) is 47.8 Å². The lowest BCUT2D eigenvalue weighted by atomic mass is 10.2. The number of aryl methyl sites for hydroxylation is 1. The van der Waals surface area contributed by atoms with Gasteiger partial charge >= 0.3 is 0 Å². The molecule has 1 aromatic rings. The van der Waals surface area contributed by atoms with Crippen molar-refractivity contribution in [2.45, 2.75) is 33.7 Å². The highest BCUT2D eigenvalue weighted by Gasteiger charge is 2.13. The monoisotopic (exact) mass is 313 g/mol. The number of rotatable bonds is 5. The summed E-state index contributed by atoms with van der Waals surface area (Å²) < 4.78 is 0.963. The van der Waals surface area contributed by atoms with E-state index in [1.165, 1.54) is 0 Å². The van der Waals surface area contributed by atoms with Crippen LogP contribution < -0.4 is 10.6 Å². The second-order valence-electron chi connectivity index (χ2n) is 4.77. The van der Waals surface area contributed by atoms with Crippen LogP contribution in [0.25, 0.3) is 0 Å². The molecule has 0 saturated heterocycles. The second-order valence-corrected chi connectivity index (χ2v) is 5.62. The quantitative estimate of drug-likeness (QED) is 0.878. The molecule has 0 aliphatic carbocycles. The Morgan fingerprint density at radius 1 is 1.39 bits per heavy atom. The molecule has 0 bridgehead atoms. The number of aromatic nitrogens is 1. The van der Waals surface area contributed by atoms with Crippen LogP contribution in [0.4, 0.5) is 5.82 Å². The summed E-state index contributed by atoms with van der Waals surface area (Å²) in [5.41, 5.74) is 0.898. The third-order valence-corrected chi connectivity index (χ3v) is 3.30. The fourth-order valence-electron chi connectivity index (χ4n) is 1.37. The Balaban J connectivity index is 2.55. The molecule has 0 aromatic carbocycles. The molecule has 1 amide bonds. The van der Waals surface area contributed by atoms with E-state index in [1.54, 1.807) is 0 Å². The second kappa shape index (κ2) is 6.73. The number of anilines is 1. The molecule has 1 atom stereocenters. The maximum absolute atomic E-state index is 11.8. The fraction of sp³-hybridized carbons (Fsp3) is 0.538. The van der Waals surface area contributed by atoms with Gasteiger partial charge in [-0.1, -0.05) is 13.8 Å². The molecule has 1 aromatic heterocycles. The molecule has 0 aliphatic heterocycles. The first-order valence-corrected chi connectivity index (χ1v) is 6.87. The van der Waals surface area contributed by atoms with E-state index in [0.29, 0.717) is 18.3 Å². The predicted octanol–water partition coefficient (Wildman–Crippen LogP) is 2.73. The molecule has 18 heavy (non-hydrogen) atoms. The van der Waals surface area contributed by atoms with E-state index in [9.17, 15) is 4.79 Å². The van der Waals surface area contributed by atoms with Crippen molar-refractivity contribution in [1.82, 2.24) is 10.3 Å². The van der Waals surface area contributed by atoms with Gasteiger partial charge in [-0.2, -0.15) is 0 Å². The van der Waals surface area contributed by atoms with Crippen LogP contribution in [0.2, 0.25) is 0 Å². The Kier molecular flexibility index (Phi) is 5.59. The van der Waals surface area contributed by atoms with Crippen LogP contribution in [0.5, 0.6) is 0 Å². The van der Waals surface area contributed by atoms with Crippen molar-refractivity contribution in [2.75, 3.05) is 11.9 Å². The summed E-state index contributed by atoms with van der Waals surface area (Å²) in [6.07, 6.45) is 0. The normalized spacial score (nSPS) is 12.3. The first-order valence-electron chi connectivity index (χ1n) is 6.07. The van der Waals surface area contributed by atoms with E-state index < -0.39 is 0 Å². The largest absolute Gasteiger partial charge is 0.359 e. The standard InChI is InChI=1S/C13H20BrN3O/c1-8(2)7-15-13(18)10(4)17-12-6-5-11(14)9(3)16-12/h5-6,8,10H,7H2,1-4H3,(H,15,18)(H,16,17). The van der Waals surface area contributed by atoms with Crippen molar-refractivity contribution in [3.63, 3.8) is 0 Å². The molecule has 0 saturated carbocycles. The molecule has 0 spiro atoms. The molecule has 100 valence electrons. The summed E-state index contributed by atoms with van der Waals surface area (Å²) in [5, 5.41) is 5.98. The van der Waals surface area contributed by atoms with Gasteiger partial charge in [0.05, 0.1) is 5.69 Å². The van der Waals surface area contributed by atoms with Crippen molar-refractivity contribution in [2.24, 2.45) is 5.92 Å². The summed E-state index contributed by atoms with van der Waals surface area (Å²) >= 11 is 3.40. The molecule has 1 heterocycles. The number of nitrogens with one attached hydrogen (secondary N) is 2. The summed E-state index contributed by atoms with van der Waals surface area (Å²) in [6.45, 7) is 8.57. The van der Waals surface area contributed by atoms with E-state index in [0.717, 1.165) is 10.2 Å². The molecule has 0 radical (unpaired) electrons. The lowest BCUT2D eigenvalue weighted by Gasteiger charge is -2.16. The molecule has 5 heteroatoms. The van der Waals surface area contributed by atoms with Gasteiger partial charge in [0, 0.05) is 11.0 Å². The number of carbonyl (C=O) groups is 1. The number of pyridine rings is 1. The van der Waals surface area contributed by atoms with Gasteiger partial charge < -0.3 is 10.6 Å². The minimum atomic E-state index is -0.295. The van der Waals surface area contributed by atoms with Crippen LogP contribution in [0.3, 0.4) is 0 Å². The van der Waals surface area contributed by atoms with E-state index in [4.69, 9.17) is 0 Å². The van der Waals surface area contributed by atoms with Gasteiger partial charge in [0.15, 0.2) is 0 Å². The highest BCUT2D eigenvalue weighted by molar-refractivity contribution is 9.10. The van der Waals surface area contributed by atoms with E-state index >= 15 is 0 Å². The molecule has 0 aliphatic rings. The van der Waals surface area contributed by atoms with E-state index in [-0.39, 0.29) is 11.9 Å². The Morgan fingerprint density at radius 2 is 2.06 bits per heavy atom. The third-order valence-electron chi connectivity index (χ3n) is 2.46. The van der Waals surface area contributed by atoms with Gasteiger partial charge in [0.1, 0.15) is 11.9 Å². The van der Waals surface area contributed by atoms with Crippen molar-refractivity contribution in [1.29, 1.82) is 0 Å². The first-order chi connectivity index (χ1) is 8.40. The van der Waals surface area contributed by atoms with Crippen LogP contribution in [0, 0.1) is 12.8 Å². The zero-order valence-electron chi connectivity index (χ0n) is 11.2. The van der Waals surface area contributed by atoms with Crippen molar-refractivity contribution in [3.8, 4) is 0 Å². The van der Waals surface area contributed by atoms with Crippen LogP contribution >= 0.6 is 15.9 Å². The van der Waals surface area contributed by atoms with Gasteiger partial charge in [-0.3, -0.25) is 4.79 Å². The molecule has 1 unspecified atom stereocenters. The summed E-state index contributed by atoms with van der Waals surface area (Å²) in [5.74, 6) is 1.16. The molecule has 2 N–H and O–H groups in total. The Hall–Kier alpha value is -1.10. The van der Waals surface area contributed by atoms with Crippen LogP contribution in [0.15, 0.2) is 16.6 Å². The topological polar surface area (TPSA) is 54.0 Å². The zero-order chi connectivity index (χ0) is 13.7. The number of halogens is 1. The minimum Gasteiger partial charge on any atom is -0.359 e. The lowest BCUT2D eigenvalue weighted by molar-refractivity contribution is -0.121. The van der Waals surface area contributed by atoms with Crippen LogP contribution in [-0.4, -0.2) is 23.5 Å². The zero-order valence-corrected chi connectivity index (χ0v) is 12.8. The maximum Gasteiger partial charge on any atom is 0.242 e. The number of carbonyl (C=O) groups excluding carboxylic acids is 1. The average molecular weight is 314 g/mol. The van der Waals surface area contributed by atoms with Gasteiger partial charge in [0.25, 0.3) is 0 Å². The van der Waals surface area contributed by atoms with Crippen LogP contribution in [-0.2, 0) is 4.79 Å². The first kappa shape index (κ1) is 15.0. The smallest absolute Gasteiger partial charge is 0.242 e. The minimum absolute atomic E-state index is 0.00827. The van der Waals surface area contributed by atoms with Gasteiger partial charge in [-0.25, -0.2) is 4.98 Å². The Bertz CT molecular complexity index is 421. The van der Waals surface area contributed by atoms with Crippen LogP contribution in [0.1, 0.15) is 26.5 Å². The molecule has 1 rings (SSSR count). The molecule has 0 fully saturated rings. The predicted molar refractivity (Wildman–Crippen MR) is 77.6 cm³/mol.